The van der Waals surface area contributed by atoms with E-state index in [1.54, 1.807) is 6.92 Å². The van der Waals surface area contributed by atoms with E-state index >= 15 is 0 Å². The smallest absolute Gasteiger partial charge is 0.329 e. The maximum atomic E-state index is 13.4. The van der Waals surface area contributed by atoms with E-state index in [2.05, 4.69) is 5.32 Å². The van der Waals surface area contributed by atoms with Crippen LogP contribution in [0.3, 0.4) is 0 Å². The van der Waals surface area contributed by atoms with Gasteiger partial charge in [0.05, 0.1) is 6.42 Å². The molecule has 1 amide bonds. The first-order valence-corrected chi connectivity index (χ1v) is 6.27. The molecule has 20 heavy (non-hydrogen) atoms. The van der Waals surface area contributed by atoms with Crippen LogP contribution in [0, 0.1) is 11.6 Å². The molecule has 0 spiro atoms. The monoisotopic (exact) mass is 285 g/mol. The van der Waals surface area contributed by atoms with Gasteiger partial charge in [0.1, 0.15) is 17.2 Å². The standard InChI is InChI=1S/C14H17F2NO3/c1-3-6-14(2,13(19)20)17-12(18)8-9-7-10(15)4-5-11(9)16/h4-5,7H,3,6,8H2,1-2H3,(H,17,18)(H,19,20). The van der Waals surface area contributed by atoms with Crippen LogP contribution >= 0.6 is 0 Å². The normalized spacial score (nSPS) is 13.6. The van der Waals surface area contributed by atoms with Gasteiger partial charge in [-0.15, -0.1) is 0 Å². The number of carbonyl (C=O) groups excluding carboxylic acids is 1. The Hall–Kier alpha value is -1.98. The van der Waals surface area contributed by atoms with Crippen LogP contribution in [-0.2, 0) is 16.0 Å². The molecule has 2 N–H and O–H groups in total. The fraction of sp³-hybridized carbons (Fsp3) is 0.429. The third-order valence-corrected chi connectivity index (χ3v) is 3.00. The van der Waals surface area contributed by atoms with E-state index in [1.807, 2.05) is 0 Å². The van der Waals surface area contributed by atoms with Crippen molar-refractivity contribution in [3.63, 3.8) is 0 Å². The van der Waals surface area contributed by atoms with Crippen molar-refractivity contribution >= 4 is 11.9 Å². The molecule has 1 aromatic rings. The molecule has 4 nitrogen and oxygen atoms in total. The van der Waals surface area contributed by atoms with Crippen molar-refractivity contribution in [3.8, 4) is 0 Å². The molecule has 1 rings (SSSR count). The second-order valence-corrected chi connectivity index (χ2v) is 4.85. The van der Waals surface area contributed by atoms with Crippen LogP contribution in [0.15, 0.2) is 18.2 Å². The Kier molecular flexibility index (Phi) is 5.19. The van der Waals surface area contributed by atoms with Gasteiger partial charge in [0.2, 0.25) is 5.91 Å². The largest absolute Gasteiger partial charge is 0.480 e. The molecule has 0 radical (unpaired) electrons. The number of hydrogen-bond donors (Lipinski definition) is 2. The van der Waals surface area contributed by atoms with Crippen LogP contribution in [0.5, 0.6) is 0 Å². The number of hydrogen-bond acceptors (Lipinski definition) is 2. The minimum absolute atomic E-state index is 0.105. The van der Waals surface area contributed by atoms with Crippen LogP contribution in [0.25, 0.3) is 0 Å². The minimum atomic E-state index is -1.41. The van der Waals surface area contributed by atoms with Crippen molar-refractivity contribution in [1.29, 1.82) is 0 Å². The van der Waals surface area contributed by atoms with Crippen molar-refractivity contribution in [2.45, 2.75) is 38.6 Å². The quantitative estimate of drug-likeness (QED) is 0.842. The van der Waals surface area contributed by atoms with E-state index in [0.29, 0.717) is 6.42 Å². The summed E-state index contributed by atoms with van der Waals surface area (Å²) < 4.78 is 26.4. The number of amides is 1. The average Bonchev–Trinajstić information content (AvgIpc) is 2.33. The topological polar surface area (TPSA) is 66.4 Å². The van der Waals surface area contributed by atoms with Crippen LogP contribution in [0.1, 0.15) is 32.3 Å². The van der Waals surface area contributed by atoms with Crippen molar-refractivity contribution in [2.75, 3.05) is 0 Å². The molecule has 0 aliphatic carbocycles. The van der Waals surface area contributed by atoms with Gasteiger partial charge >= 0.3 is 5.97 Å². The highest BCUT2D eigenvalue weighted by Crippen LogP contribution is 2.15. The van der Waals surface area contributed by atoms with Gasteiger partial charge in [-0.25, -0.2) is 13.6 Å². The first kappa shape index (κ1) is 16.1. The molecule has 1 aromatic carbocycles. The molecule has 1 unspecified atom stereocenters. The van der Waals surface area contributed by atoms with Gasteiger partial charge in [0, 0.05) is 5.56 Å². The molecular weight excluding hydrogens is 268 g/mol. The van der Waals surface area contributed by atoms with Crippen LogP contribution < -0.4 is 5.32 Å². The molecule has 6 heteroatoms. The molecule has 0 saturated heterocycles. The van der Waals surface area contributed by atoms with E-state index in [1.165, 1.54) is 6.92 Å². The molecule has 0 heterocycles. The highest BCUT2D eigenvalue weighted by molar-refractivity contribution is 5.87. The highest BCUT2D eigenvalue weighted by atomic mass is 19.1. The SMILES string of the molecule is CCCC(C)(NC(=O)Cc1cc(F)ccc1F)C(=O)O. The molecule has 0 bridgehead atoms. The number of benzene rings is 1. The third-order valence-electron chi connectivity index (χ3n) is 3.00. The van der Waals surface area contributed by atoms with E-state index in [9.17, 15) is 18.4 Å². The Balaban J connectivity index is 2.81. The number of carboxylic acid groups (broad SMARTS) is 1. The molecule has 0 aliphatic heterocycles. The summed E-state index contributed by atoms with van der Waals surface area (Å²) in [7, 11) is 0. The predicted molar refractivity (Wildman–Crippen MR) is 69.2 cm³/mol. The van der Waals surface area contributed by atoms with Crippen LogP contribution in [-0.4, -0.2) is 22.5 Å². The predicted octanol–water partition coefficient (Wildman–Crippen LogP) is 2.27. The number of rotatable bonds is 6. The molecular formula is C14H17F2NO3. The van der Waals surface area contributed by atoms with Crippen molar-refractivity contribution < 1.29 is 23.5 Å². The van der Waals surface area contributed by atoms with Crippen molar-refractivity contribution in [2.24, 2.45) is 0 Å². The number of nitrogens with one attached hydrogen (secondary N) is 1. The lowest BCUT2D eigenvalue weighted by atomic mass is 9.96. The number of carbonyl (C=O) groups is 2. The first-order valence-electron chi connectivity index (χ1n) is 6.27. The lowest BCUT2D eigenvalue weighted by molar-refractivity contribution is -0.147. The van der Waals surface area contributed by atoms with Crippen LogP contribution in [0.2, 0.25) is 0 Å². The molecule has 1 atom stereocenters. The summed E-state index contributed by atoms with van der Waals surface area (Å²) in [5.41, 5.74) is -1.51. The maximum Gasteiger partial charge on any atom is 0.329 e. The zero-order valence-corrected chi connectivity index (χ0v) is 11.4. The Bertz CT molecular complexity index is 519. The van der Waals surface area contributed by atoms with Gasteiger partial charge in [-0.05, 0) is 31.5 Å². The highest BCUT2D eigenvalue weighted by Gasteiger charge is 2.33. The summed E-state index contributed by atoms with van der Waals surface area (Å²) in [5.74, 6) is -3.17. The first-order chi connectivity index (χ1) is 9.28. The van der Waals surface area contributed by atoms with Crippen LogP contribution in [0.4, 0.5) is 8.78 Å². The summed E-state index contributed by atoms with van der Waals surface area (Å²) in [5, 5.41) is 11.5. The number of carboxylic acids is 1. The van der Waals surface area contributed by atoms with Crippen molar-refractivity contribution in [3.05, 3.63) is 35.4 Å². The van der Waals surface area contributed by atoms with Gasteiger partial charge in [-0.2, -0.15) is 0 Å². The van der Waals surface area contributed by atoms with Crippen molar-refractivity contribution in [1.82, 2.24) is 5.32 Å². The fourth-order valence-electron chi connectivity index (χ4n) is 1.93. The van der Waals surface area contributed by atoms with E-state index in [-0.39, 0.29) is 12.0 Å². The summed E-state index contributed by atoms with van der Waals surface area (Å²) in [6, 6.07) is 2.81. The molecule has 110 valence electrons. The summed E-state index contributed by atoms with van der Waals surface area (Å²) in [6.45, 7) is 3.18. The van der Waals surface area contributed by atoms with E-state index < -0.39 is 35.5 Å². The second kappa shape index (κ2) is 6.45. The average molecular weight is 285 g/mol. The van der Waals surface area contributed by atoms with Gasteiger partial charge in [0.15, 0.2) is 0 Å². The number of halogens is 2. The van der Waals surface area contributed by atoms with Gasteiger partial charge < -0.3 is 10.4 Å². The molecule has 0 aromatic heterocycles. The van der Waals surface area contributed by atoms with Gasteiger partial charge in [-0.1, -0.05) is 13.3 Å². The Morgan fingerprint density at radius 3 is 2.55 bits per heavy atom. The Morgan fingerprint density at radius 2 is 2.00 bits per heavy atom. The summed E-state index contributed by atoms with van der Waals surface area (Å²) in [6.07, 6.45) is 0.410. The molecule has 0 aliphatic rings. The zero-order chi connectivity index (χ0) is 15.3. The van der Waals surface area contributed by atoms with E-state index in [0.717, 1.165) is 18.2 Å². The lowest BCUT2D eigenvalue weighted by Crippen LogP contribution is -2.52. The lowest BCUT2D eigenvalue weighted by Gasteiger charge is -2.25. The molecule has 0 fully saturated rings. The number of aliphatic carboxylic acids is 1. The Morgan fingerprint density at radius 1 is 1.35 bits per heavy atom. The summed E-state index contributed by atoms with van der Waals surface area (Å²) in [4.78, 5) is 23.0. The zero-order valence-electron chi connectivity index (χ0n) is 11.4. The maximum absolute atomic E-state index is 13.4. The minimum Gasteiger partial charge on any atom is -0.480 e. The fourth-order valence-corrected chi connectivity index (χ4v) is 1.93. The Labute approximate surface area is 115 Å². The van der Waals surface area contributed by atoms with Gasteiger partial charge in [0.25, 0.3) is 0 Å². The second-order valence-electron chi connectivity index (χ2n) is 4.85. The third kappa shape index (κ3) is 4.01. The van der Waals surface area contributed by atoms with Gasteiger partial charge in [-0.3, -0.25) is 4.79 Å². The van der Waals surface area contributed by atoms with E-state index in [4.69, 9.17) is 5.11 Å². The summed E-state index contributed by atoms with van der Waals surface area (Å²) >= 11 is 0. The molecule has 0 saturated carbocycles.